The zero-order chi connectivity index (χ0) is 13.8. The Kier molecular flexibility index (Phi) is 4.61. The summed E-state index contributed by atoms with van der Waals surface area (Å²) in [6.07, 6.45) is 3.60. The summed E-state index contributed by atoms with van der Waals surface area (Å²) >= 11 is 5.07. The highest BCUT2D eigenvalue weighted by molar-refractivity contribution is 9.09. The van der Waals surface area contributed by atoms with Crippen LogP contribution in [0.25, 0.3) is 0 Å². The number of ketones is 1. The number of nitrogens with two attached hydrogens (primary N) is 1. The molecule has 0 bridgehead atoms. The Balaban J connectivity index is 2.23. The Hall–Kier alpha value is -1.33. The molecule has 0 aliphatic heterocycles. The molecule has 0 fully saturated rings. The molecule has 1 heterocycles. The van der Waals surface area contributed by atoms with Gasteiger partial charge >= 0.3 is 0 Å². The lowest BCUT2D eigenvalue weighted by atomic mass is 10.0. The molecule has 0 aliphatic carbocycles. The van der Waals surface area contributed by atoms with Crippen LogP contribution in [0.4, 0.5) is 5.82 Å². The number of anilines is 1. The smallest absolute Gasteiger partial charge is 0.180 e. The average Bonchev–Trinajstić information content (AvgIpc) is 2.46. The summed E-state index contributed by atoms with van der Waals surface area (Å²) in [5, 5.41) is 0. The highest BCUT2D eigenvalue weighted by Gasteiger charge is 2.19. The fourth-order valence-electron chi connectivity index (χ4n) is 1.68. The van der Waals surface area contributed by atoms with E-state index in [1.807, 2.05) is 30.5 Å². The highest BCUT2D eigenvalue weighted by atomic mass is 79.9. The van der Waals surface area contributed by atoms with Crippen molar-refractivity contribution in [3.8, 4) is 0 Å². The summed E-state index contributed by atoms with van der Waals surface area (Å²) in [6.45, 7) is 0. The van der Waals surface area contributed by atoms with Gasteiger partial charge in [0.15, 0.2) is 5.78 Å². The normalized spacial score (nSPS) is 12.1. The van der Waals surface area contributed by atoms with Gasteiger partial charge in [0.1, 0.15) is 10.6 Å². The number of alkyl halides is 1. The lowest BCUT2D eigenvalue weighted by Crippen LogP contribution is -2.07. The van der Waals surface area contributed by atoms with Crippen molar-refractivity contribution in [2.75, 3.05) is 12.0 Å². The van der Waals surface area contributed by atoms with Crippen molar-refractivity contribution >= 4 is 39.3 Å². The number of carbonyl (C=O) groups is 1. The Morgan fingerprint density at radius 1 is 1.32 bits per heavy atom. The molecule has 2 aromatic rings. The van der Waals surface area contributed by atoms with Crippen LogP contribution in [0.3, 0.4) is 0 Å². The minimum atomic E-state index is -0.405. The fraction of sp³-hybridized carbons (Fsp3) is 0.143. The first-order valence-electron chi connectivity index (χ1n) is 5.65. The van der Waals surface area contributed by atoms with Crippen LogP contribution in [0.2, 0.25) is 0 Å². The summed E-state index contributed by atoms with van der Waals surface area (Å²) in [6, 6.07) is 11.1. The molecule has 1 aromatic carbocycles. The Morgan fingerprint density at radius 2 is 2.00 bits per heavy atom. The summed E-state index contributed by atoms with van der Waals surface area (Å²) in [5.41, 5.74) is 7.11. The molecular formula is C14H13BrN2OS. The number of Topliss-reactive ketones (excluding diaryl/α,β-unsaturated/α-hetero) is 1. The van der Waals surface area contributed by atoms with Crippen molar-refractivity contribution in [3.05, 3.63) is 53.7 Å². The van der Waals surface area contributed by atoms with Crippen LogP contribution < -0.4 is 5.73 Å². The molecule has 2 rings (SSSR count). The number of pyridine rings is 1. The van der Waals surface area contributed by atoms with Gasteiger partial charge in [-0.25, -0.2) is 4.98 Å². The van der Waals surface area contributed by atoms with Gasteiger partial charge in [-0.2, -0.15) is 0 Å². The van der Waals surface area contributed by atoms with E-state index in [9.17, 15) is 4.79 Å². The molecular weight excluding hydrogens is 324 g/mol. The quantitative estimate of drug-likeness (QED) is 0.525. The zero-order valence-corrected chi connectivity index (χ0v) is 12.7. The predicted molar refractivity (Wildman–Crippen MR) is 82.9 cm³/mol. The summed E-state index contributed by atoms with van der Waals surface area (Å²) in [4.78, 5) is 17.0. The molecule has 5 heteroatoms. The van der Waals surface area contributed by atoms with E-state index >= 15 is 0 Å². The van der Waals surface area contributed by atoms with Gasteiger partial charge in [-0.1, -0.05) is 28.1 Å². The van der Waals surface area contributed by atoms with Gasteiger partial charge in [-0.15, -0.1) is 11.8 Å². The number of carbonyl (C=O) groups excluding carboxylic acids is 1. The van der Waals surface area contributed by atoms with Crippen LogP contribution in [-0.2, 0) is 0 Å². The molecule has 2 N–H and O–H groups in total. The van der Waals surface area contributed by atoms with Crippen molar-refractivity contribution in [2.24, 2.45) is 0 Å². The van der Waals surface area contributed by atoms with Crippen molar-refractivity contribution < 1.29 is 4.79 Å². The van der Waals surface area contributed by atoms with Crippen LogP contribution in [0.5, 0.6) is 0 Å². The second kappa shape index (κ2) is 6.21. The number of hydrogen-bond donors (Lipinski definition) is 1. The first-order chi connectivity index (χ1) is 9.11. The van der Waals surface area contributed by atoms with Gasteiger partial charge in [0.25, 0.3) is 0 Å². The number of nitrogens with zero attached hydrogens (tertiary/aromatic N) is 1. The molecule has 3 nitrogen and oxygen atoms in total. The van der Waals surface area contributed by atoms with Gasteiger partial charge in [-0.3, -0.25) is 4.79 Å². The molecule has 1 aromatic heterocycles. The number of hydrogen-bond acceptors (Lipinski definition) is 4. The van der Waals surface area contributed by atoms with Gasteiger partial charge in [0, 0.05) is 16.7 Å². The standard InChI is InChI=1S/C14H13BrN2OS/c1-19-11-4-2-9(3-5-11)14(18)13(15)10-6-7-17-12(16)8-10/h2-8,13H,1H3,(H2,16,17). The van der Waals surface area contributed by atoms with Crippen molar-refractivity contribution in [3.63, 3.8) is 0 Å². The largest absolute Gasteiger partial charge is 0.384 e. The molecule has 1 unspecified atom stereocenters. The van der Waals surface area contributed by atoms with E-state index in [2.05, 4.69) is 20.9 Å². The number of aromatic nitrogens is 1. The topological polar surface area (TPSA) is 56.0 Å². The second-order valence-electron chi connectivity index (χ2n) is 3.97. The average molecular weight is 337 g/mol. The van der Waals surface area contributed by atoms with Crippen LogP contribution in [0, 0.1) is 0 Å². The van der Waals surface area contributed by atoms with Crippen LogP contribution in [-0.4, -0.2) is 17.0 Å². The Morgan fingerprint density at radius 3 is 2.58 bits per heavy atom. The lowest BCUT2D eigenvalue weighted by Gasteiger charge is -2.10. The van der Waals surface area contributed by atoms with E-state index in [-0.39, 0.29) is 5.78 Å². The Labute approximate surface area is 124 Å². The molecule has 0 saturated carbocycles. The van der Waals surface area contributed by atoms with E-state index in [0.29, 0.717) is 11.4 Å². The zero-order valence-electron chi connectivity index (χ0n) is 10.3. The molecule has 0 amide bonds. The minimum Gasteiger partial charge on any atom is -0.384 e. The van der Waals surface area contributed by atoms with E-state index < -0.39 is 4.83 Å². The maximum Gasteiger partial charge on any atom is 0.180 e. The second-order valence-corrected chi connectivity index (χ2v) is 5.76. The first kappa shape index (κ1) is 14.1. The van der Waals surface area contributed by atoms with Gasteiger partial charge < -0.3 is 5.73 Å². The lowest BCUT2D eigenvalue weighted by molar-refractivity contribution is 0.0991. The molecule has 1 atom stereocenters. The van der Waals surface area contributed by atoms with Crippen molar-refractivity contribution in [2.45, 2.75) is 9.72 Å². The highest BCUT2D eigenvalue weighted by Crippen LogP contribution is 2.28. The number of thioether (sulfide) groups is 1. The van der Waals surface area contributed by atoms with E-state index in [1.54, 1.807) is 30.1 Å². The first-order valence-corrected chi connectivity index (χ1v) is 7.79. The van der Waals surface area contributed by atoms with Crippen molar-refractivity contribution in [1.29, 1.82) is 0 Å². The van der Waals surface area contributed by atoms with Crippen LogP contribution in [0.15, 0.2) is 47.5 Å². The minimum absolute atomic E-state index is 0.0123. The molecule has 0 radical (unpaired) electrons. The summed E-state index contributed by atoms with van der Waals surface area (Å²) in [7, 11) is 0. The molecule has 98 valence electrons. The SMILES string of the molecule is CSc1ccc(C(=O)C(Br)c2ccnc(N)c2)cc1. The molecule has 0 aliphatic rings. The number of nitrogen functional groups attached to an aromatic ring is 1. The fourth-order valence-corrected chi connectivity index (χ4v) is 2.63. The third-order valence-corrected chi connectivity index (χ3v) is 4.39. The van der Waals surface area contributed by atoms with E-state index in [0.717, 1.165) is 10.5 Å². The monoisotopic (exact) mass is 336 g/mol. The number of halogens is 1. The molecule has 0 spiro atoms. The molecule has 19 heavy (non-hydrogen) atoms. The number of benzene rings is 1. The summed E-state index contributed by atoms with van der Waals surface area (Å²) < 4.78 is 0. The maximum absolute atomic E-state index is 12.3. The third kappa shape index (κ3) is 3.36. The summed E-state index contributed by atoms with van der Waals surface area (Å²) in [5.74, 6) is 0.422. The van der Waals surface area contributed by atoms with Crippen molar-refractivity contribution in [1.82, 2.24) is 4.98 Å². The Bertz CT molecular complexity index is 586. The van der Waals surface area contributed by atoms with Crippen LogP contribution >= 0.6 is 27.7 Å². The third-order valence-electron chi connectivity index (χ3n) is 2.70. The number of rotatable bonds is 4. The molecule has 0 saturated heterocycles. The van der Waals surface area contributed by atoms with Gasteiger partial charge in [0.05, 0.1) is 0 Å². The predicted octanol–water partition coefficient (Wildman–Crippen LogP) is 3.70. The van der Waals surface area contributed by atoms with Crippen LogP contribution in [0.1, 0.15) is 20.7 Å². The van der Waals surface area contributed by atoms with E-state index in [1.165, 1.54) is 0 Å². The van der Waals surface area contributed by atoms with Gasteiger partial charge in [0.2, 0.25) is 0 Å². The van der Waals surface area contributed by atoms with Gasteiger partial charge in [-0.05, 0) is 36.1 Å². The van der Waals surface area contributed by atoms with E-state index in [4.69, 9.17) is 5.73 Å². The maximum atomic E-state index is 12.3.